The van der Waals surface area contributed by atoms with Gasteiger partial charge in [-0.15, -0.1) is 0 Å². The molecule has 0 bridgehead atoms. The van der Waals surface area contributed by atoms with Gasteiger partial charge in [-0.05, 0) is 43.2 Å². The molecule has 1 saturated heterocycles. The normalized spacial score (nSPS) is 17.8. The smallest absolute Gasteiger partial charge is 0.125 e. The van der Waals surface area contributed by atoms with Gasteiger partial charge in [0.05, 0.1) is 0 Å². The lowest BCUT2D eigenvalue weighted by Crippen LogP contribution is -2.30. The maximum atomic E-state index is 12.5. The first-order valence-electron chi connectivity index (χ1n) is 11.6. The van der Waals surface area contributed by atoms with Gasteiger partial charge in [0.2, 0.25) is 0 Å². The molecule has 2 unspecified atom stereocenters. The van der Waals surface area contributed by atoms with E-state index in [2.05, 4.69) is 133 Å². The van der Waals surface area contributed by atoms with Gasteiger partial charge in [0.25, 0.3) is 0 Å². The first kappa shape index (κ1) is 22.9. The zero-order valence-electron chi connectivity index (χ0n) is 18.9. The lowest BCUT2D eigenvalue weighted by molar-refractivity contribution is 0.565. The zero-order chi connectivity index (χ0) is 23.2. The van der Waals surface area contributed by atoms with Crippen molar-refractivity contribution in [2.24, 2.45) is 0 Å². The summed E-state index contributed by atoms with van der Waals surface area (Å²) in [5.74, 6) is 2.42. The summed E-state index contributed by atoms with van der Waals surface area (Å²) < 4.78 is 0. The second-order valence-corrected chi connectivity index (χ2v) is 13.0. The van der Waals surface area contributed by atoms with E-state index in [1.54, 1.807) is 0 Å². The van der Waals surface area contributed by atoms with Crippen LogP contribution in [0.1, 0.15) is 0 Å². The van der Waals surface area contributed by atoms with E-state index in [0.29, 0.717) is 0 Å². The van der Waals surface area contributed by atoms with Gasteiger partial charge < -0.3 is 5.32 Å². The third-order valence-corrected chi connectivity index (χ3v) is 11.7. The van der Waals surface area contributed by atoms with Crippen molar-refractivity contribution in [2.45, 2.75) is 11.7 Å². The first-order valence-corrected chi connectivity index (χ1v) is 14.5. The monoisotopic (exact) mass is 479 g/mol. The fourth-order valence-corrected chi connectivity index (χ4v) is 9.96. The van der Waals surface area contributed by atoms with Crippen molar-refractivity contribution in [3.8, 4) is 0 Å². The van der Waals surface area contributed by atoms with Gasteiger partial charge in [-0.2, -0.15) is 0 Å². The summed E-state index contributed by atoms with van der Waals surface area (Å²) in [6.07, 6.45) is 0.900. The molecule has 0 spiro atoms. The van der Waals surface area contributed by atoms with Gasteiger partial charge in [0.15, 0.2) is 0 Å². The van der Waals surface area contributed by atoms with Gasteiger partial charge >= 0.3 is 0 Å². The molecule has 168 valence electrons. The molecule has 2 atom stereocenters. The van der Waals surface area contributed by atoms with E-state index in [0.717, 1.165) is 18.3 Å². The molecule has 1 N–H and O–H groups in total. The van der Waals surface area contributed by atoms with E-state index in [-0.39, 0.29) is 11.7 Å². The maximum absolute atomic E-state index is 12.5. The van der Waals surface area contributed by atoms with Crippen LogP contribution in [0.15, 0.2) is 127 Å². The van der Waals surface area contributed by atoms with Crippen LogP contribution in [-0.4, -0.2) is 30.3 Å². The molecule has 4 aromatic carbocycles. The molecular weight excluding hydrogens is 452 g/mol. The van der Waals surface area contributed by atoms with E-state index in [1.807, 2.05) is 0 Å². The Balaban J connectivity index is 1.48. The van der Waals surface area contributed by atoms with E-state index in [1.165, 1.54) is 21.2 Å². The summed E-state index contributed by atoms with van der Waals surface area (Å²) in [5.41, 5.74) is 1.05. The van der Waals surface area contributed by atoms with E-state index < -0.39 is 15.8 Å². The van der Waals surface area contributed by atoms with Crippen LogP contribution < -0.4 is 26.5 Å². The molecule has 0 amide bonds. The lowest BCUT2D eigenvalue weighted by atomic mass is 10.1. The van der Waals surface area contributed by atoms with E-state index in [9.17, 15) is 4.79 Å². The molecular formula is C30H27NOP2. The van der Waals surface area contributed by atoms with Crippen molar-refractivity contribution in [2.75, 3.05) is 12.7 Å². The van der Waals surface area contributed by atoms with Gasteiger partial charge in [-0.1, -0.05) is 121 Å². The van der Waals surface area contributed by atoms with Crippen molar-refractivity contribution in [1.82, 2.24) is 5.32 Å². The van der Waals surface area contributed by atoms with Crippen molar-refractivity contribution < 1.29 is 4.79 Å². The zero-order valence-corrected chi connectivity index (χ0v) is 20.7. The summed E-state index contributed by atoms with van der Waals surface area (Å²) in [5, 5.41) is 9.02. The van der Waals surface area contributed by atoms with Crippen molar-refractivity contribution in [3.63, 3.8) is 0 Å². The molecule has 5 rings (SSSR count). The number of nitrogens with one attached hydrogen (secondary N) is 1. The molecule has 0 saturated carbocycles. The summed E-state index contributed by atoms with van der Waals surface area (Å²) in [6, 6.07) is 42.8. The lowest BCUT2D eigenvalue weighted by Gasteiger charge is -2.26. The van der Waals surface area contributed by atoms with Gasteiger partial charge in [-0.25, -0.2) is 4.79 Å². The Bertz CT molecular complexity index is 1160. The molecule has 1 aliphatic rings. The highest BCUT2D eigenvalue weighted by Crippen LogP contribution is 2.47. The summed E-state index contributed by atoms with van der Waals surface area (Å²) in [6.45, 7) is 0.803. The highest BCUT2D eigenvalue weighted by atomic mass is 31.1. The van der Waals surface area contributed by atoms with Crippen LogP contribution in [0.5, 0.6) is 0 Å². The second kappa shape index (κ2) is 11.1. The fraction of sp³-hybridized carbons (Fsp3) is 0.133. The van der Waals surface area contributed by atoms with Gasteiger partial charge in [0.1, 0.15) is 5.94 Å². The largest absolute Gasteiger partial charge is 0.308 e. The predicted molar refractivity (Wildman–Crippen MR) is 148 cm³/mol. The predicted octanol–water partition coefficient (Wildman–Crippen LogP) is 4.35. The summed E-state index contributed by atoms with van der Waals surface area (Å²) >= 11 is 0. The Hall–Kier alpha value is -2.85. The van der Waals surface area contributed by atoms with Crippen molar-refractivity contribution in [1.29, 1.82) is 0 Å². The molecule has 4 heteroatoms. The molecule has 1 aliphatic heterocycles. The third kappa shape index (κ3) is 4.97. The van der Waals surface area contributed by atoms with Crippen LogP contribution in [0.3, 0.4) is 0 Å². The maximum Gasteiger partial charge on any atom is 0.125 e. The molecule has 0 aromatic heterocycles. The third-order valence-electron chi connectivity index (χ3n) is 6.29. The Morgan fingerprint density at radius 1 is 0.647 bits per heavy atom. The Kier molecular flexibility index (Phi) is 7.45. The Labute approximate surface area is 204 Å². The SMILES string of the molecule is O=C=C1C(CP(c2ccccc2)c2ccccc2)NCC1P(c1ccccc1)c1ccccc1. The van der Waals surface area contributed by atoms with Crippen LogP contribution >= 0.6 is 15.8 Å². The van der Waals surface area contributed by atoms with Crippen LogP contribution in [0, 0.1) is 0 Å². The highest BCUT2D eigenvalue weighted by Gasteiger charge is 2.39. The minimum atomic E-state index is -0.712. The van der Waals surface area contributed by atoms with Gasteiger partial charge in [0, 0.05) is 23.8 Å². The minimum Gasteiger partial charge on any atom is -0.308 e. The number of hydrogen-bond donors (Lipinski definition) is 1. The number of benzene rings is 4. The van der Waals surface area contributed by atoms with Crippen molar-refractivity contribution >= 4 is 43.0 Å². The van der Waals surface area contributed by atoms with Crippen LogP contribution in [-0.2, 0) is 4.79 Å². The number of carbonyl (C=O) groups excluding carboxylic acids is 1. The molecule has 0 aliphatic carbocycles. The van der Waals surface area contributed by atoms with Gasteiger partial charge in [-0.3, -0.25) is 0 Å². The fourth-order valence-electron chi connectivity index (χ4n) is 4.68. The standard InChI is InChI=1S/C30H27NOP2/c32-22-28-29(23-33(24-13-5-1-6-14-24)25-15-7-2-8-16-25)31-21-30(28)34(26-17-9-3-10-18-26)27-19-11-4-12-20-27/h1-20,29-31H,21,23H2. The minimum absolute atomic E-state index is 0.0337. The highest BCUT2D eigenvalue weighted by molar-refractivity contribution is 7.74. The second-order valence-electron chi connectivity index (χ2n) is 8.36. The Morgan fingerprint density at radius 3 is 1.47 bits per heavy atom. The molecule has 1 heterocycles. The van der Waals surface area contributed by atoms with E-state index >= 15 is 0 Å². The summed E-state index contributed by atoms with van der Waals surface area (Å²) in [4.78, 5) is 12.5. The summed E-state index contributed by atoms with van der Waals surface area (Å²) in [7, 11) is -1.31. The Morgan fingerprint density at radius 2 is 1.06 bits per heavy atom. The van der Waals surface area contributed by atoms with Crippen LogP contribution in [0.2, 0.25) is 0 Å². The molecule has 0 radical (unpaired) electrons. The molecule has 4 aromatic rings. The molecule has 1 fully saturated rings. The molecule has 2 nitrogen and oxygen atoms in total. The molecule has 34 heavy (non-hydrogen) atoms. The number of rotatable bonds is 7. The quantitative estimate of drug-likeness (QED) is 0.316. The first-order chi connectivity index (χ1) is 16.8. The average Bonchev–Trinajstić information content (AvgIpc) is 3.31. The van der Waals surface area contributed by atoms with E-state index in [4.69, 9.17) is 0 Å². The van der Waals surface area contributed by atoms with Crippen LogP contribution in [0.25, 0.3) is 0 Å². The topological polar surface area (TPSA) is 29.1 Å². The van der Waals surface area contributed by atoms with Crippen LogP contribution in [0.4, 0.5) is 0 Å². The average molecular weight is 480 g/mol. The number of hydrogen-bond acceptors (Lipinski definition) is 2. The van der Waals surface area contributed by atoms with Crippen molar-refractivity contribution in [3.05, 3.63) is 127 Å².